The summed E-state index contributed by atoms with van der Waals surface area (Å²) >= 11 is 5.91. The average Bonchev–Trinajstić information content (AvgIpc) is 2.87. The van der Waals surface area contributed by atoms with Gasteiger partial charge in [-0.15, -0.1) is 0 Å². The van der Waals surface area contributed by atoms with Crippen LogP contribution in [-0.4, -0.2) is 36.3 Å². The molecule has 1 aromatic rings. The Balaban J connectivity index is 2.10. The summed E-state index contributed by atoms with van der Waals surface area (Å²) in [5.41, 5.74) is 0.805. The smallest absolute Gasteiger partial charge is 0.228 e. The number of anilines is 1. The van der Waals surface area contributed by atoms with Crippen molar-refractivity contribution in [2.75, 3.05) is 24.5 Å². The second-order valence-electron chi connectivity index (χ2n) is 7.41. The highest BCUT2D eigenvalue weighted by Crippen LogP contribution is 2.27. The fourth-order valence-corrected chi connectivity index (χ4v) is 3.26. The van der Waals surface area contributed by atoms with Gasteiger partial charge < -0.3 is 9.80 Å². The van der Waals surface area contributed by atoms with Gasteiger partial charge in [-0.05, 0) is 36.1 Å². The molecule has 0 saturated carbocycles. The predicted octanol–water partition coefficient (Wildman–Crippen LogP) is 3.83. The minimum Gasteiger partial charge on any atom is -0.342 e. The normalized spacial score (nSPS) is 17.9. The molecule has 1 atom stereocenters. The zero-order valence-electron chi connectivity index (χ0n) is 15.0. The summed E-state index contributed by atoms with van der Waals surface area (Å²) in [5.74, 6) is 0.673. The highest BCUT2D eigenvalue weighted by molar-refractivity contribution is 6.30. The molecule has 1 fully saturated rings. The number of hydrogen-bond acceptors (Lipinski definition) is 2. The van der Waals surface area contributed by atoms with Gasteiger partial charge >= 0.3 is 0 Å². The quantitative estimate of drug-likeness (QED) is 0.782. The average molecular weight is 351 g/mol. The van der Waals surface area contributed by atoms with Crippen molar-refractivity contribution in [3.05, 3.63) is 29.3 Å². The largest absolute Gasteiger partial charge is 0.342 e. The van der Waals surface area contributed by atoms with Crippen LogP contribution in [0.4, 0.5) is 5.69 Å². The fourth-order valence-electron chi connectivity index (χ4n) is 3.14. The molecule has 4 nitrogen and oxygen atoms in total. The Labute approximate surface area is 149 Å². The van der Waals surface area contributed by atoms with E-state index in [0.717, 1.165) is 18.8 Å². The van der Waals surface area contributed by atoms with Crippen molar-refractivity contribution in [3.8, 4) is 0 Å². The number of benzene rings is 1. The molecule has 2 rings (SSSR count). The van der Waals surface area contributed by atoms with Crippen LogP contribution in [0.1, 0.15) is 34.1 Å². The van der Waals surface area contributed by atoms with Crippen molar-refractivity contribution >= 4 is 29.1 Å². The number of amides is 2. The van der Waals surface area contributed by atoms with Crippen LogP contribution in [0.15, 0.2) is 24.3 Å². The maximum absolute atomic E-state index is 12.9. The van der Waals surface area contributed by atoms with Gasteiger partial charge in [0.05, 0.1) is 5.92 Å². The van der Waals surface area contributed by atoms with Gasteiger partial charge in [-0.3, -0.25) is 9.59 Å². The minimum absolute atomic E-state index is 0.00437. The molecule has 5 heteroatoms. The van der Waals surface area contributed by atoms with Crippen LogP contribution in [0.5, 0.6) is 0 Å². The lowest BCUT2D eigenvalue weighted by Crippen LogP contribution is -2.41. The van der Waals surface area contributed by atoms with Gasteiger partial charge in [0.2, 0.25) is 11.8 Å². The van der Waals surface area contributed by atoms with Gasteiger partial charge in [0.25, 0.3) is 0 Å². The predicted molar refractivity (Wildman–Crippen MR) is 98.2 cm³/mol. The first-order valence-corrected chi connectivity index (χ1v) is 9.00. The molecular formula is C19H27ClN2O2. The number of carbonyl (C=O) groups excluding carboxylic acids is 2. The Morgan fingerprint density at radius 1 is 1.17 bits per heavy atom. The molecule has 0 N–H and O–H groups in total. The summed E-state index contributed by atoms with van der Waals surface area (Å²) in [7, 11) is 0. The summed E-state index contributed by atoms with van der Waals surface area (Å²) in [6.07, 6.45) is 0.286. The Bertz CT molecular complexity index is 574. The van der Waals surface area contributed by atoms with E-state index in [1.807, 2.05) is 17.0 Å². The lowest BCUT2D eigenvalue weighted by Gasteiger charge is -2.28. The van der Waals surface area contributed by atoms with E-state index in [2.05, 4.69) is 27.7 Å². The highest BCUT2D eigenvalue weighted by atomic mass is 35.5. The third-order valence-corrected chi connectivity index (χ3v) is 4.35. The molecule has 0 aliphatic carbocycles. The fraction of sp³-hybridized carbons (Fsp3) is 0.579. The van der Waals surface area contributed by atoms with Crippen molar-refractivity contribution in [2.24, 2.45) is 17.8 Å². The summed E-state index contributed by atoms with van der Waals surface area (Å²) in [6.45, 7) is 10.4. The van der Waals surface area contributed by atoms with E-state index in [9.17, 15) is 9.59 Å². The van der Waals surface area contributed by atoms with Crippen LogP contribution in [0.3, 0.4) is 0 Å². The molecule has 1 aromatic carbocycles. The van der Waals surface area contributed by atoms with Gasteiger partial charge in [-0.2, -0.15) is 0 Å². The Hall–Kier alpha value is -1.55. The number of carbonyl (C=O) groups is 2. The second-order valence-corrected chi connectivity index (χ2v) is 7.85. The second kappa shape index (κ2) is 8.02. The van der Waals surface area contributed by atoms with E-state index >= 15 is 0 Å². The molecule has 1 aliphatic heterocycles. The third-order valence-electron chi connectivity index (χ3n) is 4.10. The van der Waals surface area contributed by atoms with Crippen LogP contribution < -0.4 is 4.90 Å². The first kappa shape index (κ1) is 18.8. The molecule has 0 unspecified atom stereocenters. The first-order chi connectivity index (χ1) is 11.3. The summed E-state index contributed by atoms with van der Waals surface area (Å²) < 4.78 is 0. The Kier molecular flexibility index (Phi) is 6.27. The van der Waals surface area contributed by atoms with E-state index in [1.54, 1.807) is 17.0 Å². The molecule has 0 bridgehead atoms. The van der Waals surface area contributed by atoms with Gasteiger partial charge in [0, 0.05) is 36.8 Å². The molecular weight excluding hydrogens is 324 g/mol. The molecule has 1 heterocycles. The van der Waals surface area contributed by atoms with Crippen molar-refractivity contribution in [1.29, 1.82) is 0 Å². The summed E-state index contributed by atoms with van der Waals surface area (Å²) in [4.78, 5) is 28.9. The first-order valence-electron chi connectivity index (χ1n) is 8.62. The third kappa shape index (κ3) is 4.73. The molecule has 0 radical (unpaired) electrons. The Morgan fingerprint density at radius 2 is 1.71 bits per heavy atom. The van der Waals surface area contributed by atoms with E-state index < -0.39 is 0 Å². The molecule has 2 amide bonds. The molecule has 0 aromatic heterocycles. The van der Waals surface area contributed by atoms with Crippen LogP contribution in [-0.2, 0) is 9.59 Å². The highest BCUT2D eigenvalue weighted by Gasteiger charge is 2.37. The number of rotatable bonds is 6. The van der Waals surface area contributed by atoms with Crippen LogP contribution in [0.25, 0.3) is 0 Å². The van der Waals surface area contributed by atoms with Crippen molar-refractivity contribution in [1.82, 2.24) is 4.90 Å². The van der Waals surface area contributed by atoms with Crippen molar-refractivity contribution < 1.29 is 9.59 Å². The van der Waals surface area contributed by atoms with Gasteiger partial charge in [0.1, 0.15) is 0 Å². The summed E-state index contributed by atoms with van der Waals surface area (Å²) in [5, 5.41) is 0.637. The van der Waals surface area contributed by atoms with E-state index in [0.29, 0.717) is 23.4 Å². The summed E-state index contributed by atoms with van der Waals surface area (Å²) in [6, 6.07) is 7.19. The van der Waals surface area contributed by atoms with Gasteiger partial charge in [-0.1, -0.05) is 39.3 Å². The molecule has 1 aliphatic rings. The topological polar surface area (TPSA) is 40.6 Å². The SMILES string of the molecule is CC(C)CN(CC(C)C)C(=O)[C@H]1CC(=O)N(c2ccc(Cl)cc2)C1. The maximum Gasteiger partial charge on any atom is 0.228 e. The molecule has 0 spiro atoms. The van der Waals surface area contributed by atoms with Crippen molar-refractivity contribution in [3.63, 3.8) is 0 Å². The monoisotopic (exact) mass is 350 g/mol. The standard InChI is InChI=1S/C19H27ClN2O2/c1-13(2)10-21(11-14(3)4)19(24)15-9-18(23)22(12-15)17-7-5-16(20)6-8-17/h5-8,13-15H,9-12H2,1-4H3/t15-/m0/s1. The number of hydrogen-bond donors (Lipinski definition) is 0. The number of nitrogens with zero attached hydrogens (tertiary/aromatic N) is 2. The molecule has 132 valence electrons. The lowest BCUT2D eigenvalue weighted by atomic mass is 10.0. The van der Waals surface area contributed by atoms with E-state index in [1.165, 1.54) is 0 Å². The number of halogens is 1. The minimum atomic E-state index is -0.259. The van der Waals surface area contributed by atoms with Gasteiger partial charge in [0.15, 0.2) is 0 Å². The van der Waals surface area contributed by atoms with Gasteiger partial charge in [-0.25, -0.2) is 0 Å². The van der Waals surface area contributed by atoms with Crippen molar-refractivity contribution in [2.45, 2.75) is 34.1 Å². The van der Waals surface area contributed by atoms with Crippen LogP contribution in [0, 0.1) is 17.8 Å². The van der Waals surface area contributed by atoms with E-state index in [4.69, 9.17) is 11.6 Å². The molecule has 1 saturated heterocycles. The Morgan fingerprint density at radius 3 is 2.21 bits per heavy atom. The van der Waals surface area contributed by atoms with E-state index in [-0.39, 0.29) is 24.2 Å². The van der Waals surface area contributed by atoms with Crippen LogP contribution in [0.2, 0.25) is 5.02 Å². The zero-order valence-corrected chi connectivity index (χ0v) is 15.7. The van der Waals surface area contributed by atoms with Crippen LogP contribution >= 0.6 is 11.6 Å². The zero-order chi connectivity index (χ0) is 17.9. The lowest BCUT2D eigenvalue weighted by molar-refractivity contribution is -0.136. The molecule has 24 heavy (non-hydrogen) atoms. The maximum atomic E-state index is 12.9.